The number of ether oxygens (including phenoxy) is 2. The van der Waals surface area contributed by atoms with Gasteiger partial charge in [-0.2, -0.15) is 0 Å². The molecule has 0 N–H and O–H groups in total. The minimum atomic E-state index is -0.266. The van der Waals surface area contributed by atoms with Gasteiger partial charge in [-0.3, -0.25) is 9.59 Å². The lowest BCUT2D eigenvalue weighted by Crippen LogP contribution is -2.37. The molecule has 5 heteroatoms. The van der Waals surface area contributed by atoms with Crippen molar-refractivity contribution >= 4 is 11.9 Å². The Morgan fingerprint density at radius 2 is 1.89 bits per heavy atom. The fraction of sp³-hybridized carbons (Fsp3) is 0.846. The summed E-state index contributed by atoms with van der Waals surface area (Å²) in [7, 11) is 1.49. The van der Waals surface area contributed by atoms with Crippen LogP contribution in [-0.2, 0) is 19.1 Å². The van der Waals surface area contributed by atoms with Crippen LogP contribution in [0.3, 0.4) is 0 Å². The molecule has 0 aromatic carbocycles. The van der Waals surface area contributed by atoms with Crippen LogP contribution in [0.5, 0.6) is 0 Å². The number of amides is 1. The van der Waals surface area contributed by atoms with Gasteiger partial charge in [0.15, 0.2) is 0 Å². The second kappa shape index (κ2) is 9.88. The predicted octanol–water partition coefficient (Wildman–Crippen LogP) is 1.46. The van der Waals surface area contributed by atoms with Crippen molar-refractivity contribution < 1.29 is 19.1 Å². The summed E-state index contributed by atoms with van der Waals surface area (Å²) in [5.41, 5.74) is 0. The molecule has 0 radical (unpaired) electrons. The first-order valence-electron chi connectivity index (χ1n) is 6.43. The standard InChI is InChI=1S/C13H25NO4/c1-5-18-13(16)7-9-14(8-6-11(2)3)12(15)10-17-4/h11H,5-10H2,1-4H3. The average Bonchev–Trinajstić information content (AvgIpc) is 2.29. The number of hydrogen-bond donors (Lipinski definition) is 0. The van der Waals surface area contributed by atoms with Gasteiger partial charge in [0, 0.05) is 20.2 Å². The molecule has 0 aliphatic rings. The number of rotatable bonds is 9. The number of methoxy groups -OCH3 is 1. The molecule has 0 fully saturated rings. The van der Waals surface area contributed by atoms with E-state index in [1.807, 2.05) is 0 Å². The van der Waals surface area contributed by atoms with E-state index in [-0.39, 0.29) is 24.9 Å². The number of nitrogens with zero attached hydrogens (tertiary/aromatic N) is 1. The van der Waals surface area contributed by atoms with Gasteiger partial charge in [-0.25, -0.2) is 0 Å². The van der Waals surface area contributed by atoms with Crippen molar-refractivity contribution in [1.82, 2.24) is 4.90 Å². The molecule has 0 rings (SSSR count). The first-order chi connectivity index (χ1) is 8.51. The lowest BCUT2D eigenvalue weighted by atomic mass is 10.1. The molecule has 0 atom stereocenters. The van der Waals surface area contributed by atoms with E-state index in [9.17, 15) is 9.59 Å². The van der Waals surface area contributed by atoms with Crippen molar-refractivity contribution in [2.45, 2.75) is 33.6 Å². The van der Waals surface area contributed by atoms with Crippen LogP contribution in [0.4, 0.5) is 0 Å². The number of carbonyl (C=O) groups excluding carboxylic acids is 2. The van der Waals surface area contributed by atoms with Crippen molar-refractivity contribution in [1.29, 1.82) is 0 Å². The maximum absolute atomic E-state index is 11.8. The summed E-state index contributed by atoms with van der Waals surface area (Å²) in [6.45, 7) is 7.45. The molecular weight excluding hydrogens is 234 g/mol. The molecule has 0 saturated carbocycles. The zero-order valence-corrected chi connectivity index (χ0v) is 11.9. The zero-order chi connectivity index (χ0) is 14.0. The first-order valence-corrected chi connectivity index (χ1v) is 6.43. The predicted molar refractivity (Wildman–Crippen MR) is 69.2 cm³/mol. The van der Waals surface area contributed by atoms with Crippen LogP contribution < -0.4 is 0 Å². The molecule has 0 saturated heterocycles. The van der Waals surface area contributed by atoms with E-state index >= 15 is 0 Å². The van der Waals surface area contributed by atoms with Crippen molar-refractivity contribution in [2.75, 3.05) is 33.4 Å². The van der Waals surface area contributed by atoms with Gasteiger partial charge in [-0.15, -0.1) is 0 Å². The summed E-state index contributed by atoms with van der Waals surface area (Å²) < 4.78 is 9.69. The molecule has 0 heterocycles. The molecule has 1 amide bonds. The second-order valence-corrected chi connectivity index (χ2v) is 4.55. The van der Waals surface area contributed by atoms with E-state index in [0.29, 0.717) is 25.6 Å². The molecule has 0 aromatic rings. The fourth-order valence-corrected chi connectivity index (χ4v) is 1.45. The molecule has 0 spiro atoms. The Morgan fingerprint density at radius 3 is 2.39 bits per heavy atom. The zero-order valence-electron chi connectivity index (χ0n) is 11.9. The van der Waals surface area contributed by atoms with Crippen molar-refractivity contribution in [3.05, 3.63) is 0 Å². The van der Waals surface area contributed by atoms with E-state index < -0.39 is 0 Å². The van der Waals surface area contributed by atoms with Crippen molar-refractivity contribution in [2.24, 2.45) is 5.92 Å². The maximum Gasteiger partial charge on any atom is 0.307 e. The molecule has 18 heavy (non-hydrogen) atoms. The van der Waals surface area contributed by atoms with Gasteiger partial charge in [0.1, 0.15) is 6.61 Å². The van der Waals surface area contributed by atoms with Gasteiger partial charge in [0.05, 0.1) is 13.0 Å². The molecule has 0 unspecified atom stereocenters. The van der Waals surface area contributed by atoms with Crippen LogP contribution >= 0.6 is 0 Å². The van der Waals surface area contributed by atoms with E-state index in [4.69, 9.17) is 9.47 Å². The molecule has 0 aromatic heterocycles. The lowest BCUT2D eigenvalue weighted by Gasteiger charge is -2.23. The van der Waals surface area contributed by atoms with Gasteiger partial charge in [0.25, 0.3) is 0 Å². The van der Waals surface area contributed by atoms with Gasteiger partial charge in [-0.05, 0) is 19.3 Å². The van der Waals surface area contributed by atoms with E-state index in [1.54, 1.807) is 11.8 Å². The van der Waals surface area contributed by atoms with Crippen LogP contribution in [-0.4, -0.2) is 50.2 Å². The third-order valence-corrected chi connectivity index (χ3v) is 2.49. The summed E-state index contributed by atoms with van der Waals surface area (Å²) in [6.07, 6.45) is 1.15. The van der Waals surface area contributed by atoms with E-state index in [2.05, 4.69) is 13.8 Å². The molecule has 106 valence electrons. The van der Waals surface area contributed by atoms with Gasteiger partial charge in [0.2, 0.25) is 5.91 Å². The third kappa shape index (κ3) is 8.06. The Hall–Kier alpha value is -1.10. The average molecular weight is 259 g/mol. The Bertz CT molecular complexity index is 253. The van der Waals surface area contributed by atoms with Gasteiger partial charge >= 0.3 is 5.97 Å². The Labute approximate surface area is 109 Å². The Kier molecular flexibility index (Phi) is 9.28. The normalized spacial score (nSPS) is 10.5. The highest BCUT2D eigenvalue weighted by Gasteiger charge is 2.15. The summed E-state index contributed by atoms with van der Waals surface area (Å²) in [5.74, 6) is 0.171. The lowest BCUT2D eigenvalue weighted by molar-refractivity contribution is -0.144. The number of carbonyl (C=O) groups is 2. The number of hydrogen-bond acceptors (Lipinski definition) is 4. The SMILES string of the molecule is CCOC(=O)CCN(CCC(C)C)C(=O)COC. The highest BCUT2D eigenvalue weighted by Crippen LogP contribution is 2.04. The summed E-state index contributed by atoms with van der Waals surface area (Å²) in [5, 5.41) is 0. The molecule has 5 nitrogen and oxygen atoms in total. The smallest absolute Gasteiger partial charge is 0.307 e. The summed E-state index contributed by atoms with van der Waals surface area (Å²) >= 11 is 0. The van der Waals surface area contributed by atoms with Crippen LogP contribution in [0.15, 0.2) is 0 Å². The molecule has 0 aliphatic carbocycles. The summed E-state index contributed by atoms with van der Waals surface area (Å²) in [4.78, 5) is 24.7. The summed E-state index contributed by atoms with van der Waals surface area (Å²) in [6, 6.07) is 0. The monoisotopic (exact) mass is 259 g/mol. The highest BCUT2D eigenvalue weighted by atomic mass is 16.5. The van der Waals surface area contributed by atoms with Gasteiger partial charge in [-0.1, -0.05) is 13.8 Å². The van der Waals surface area contributed by atoms with Gasteiger partial charge < -0.3 is 14.4 Å². The van der Waals surface area contributed by atoms with Crippen LogP contribution in [0.2, 0.25) is 0 Å². The molecular formula is C13H25NO4. The molecule has 0 aliphatic heterocycles. The van der Waals surface area contributed by atoms with Crippen LogP contribution in [0.25, 0.3) is 0 Å². The quantitative estimate of drug-likeness (QED) is 0.588. The Balaban J connectivity index is 4.19. The third-order valence-electron chi connectivity index (χ3n) is 2.49. The number of esters is 1. The van der Waals surface area contributed by atoms with Crippen LogP contribution in [0.1, 0.15) is 33.6 Å². The van der Waals surface area contributed by atoms with E-state index in [1.165, 1.54) is 7.11 Å². The second-order valence-electron chi connectivity index (χ2n) is 4.55. The topological polar surface area (TPSA) is 55.8 Å². The first kappa shape index (κ1) is 16.9. The Morgan fingerprint density at radius 1 is 1.22 bits per heavy atom. The van der Waals surface area contributed by atoms with E-state index in [0.717, 1.165) is 6.42 Å². The fourth-order valence-electron chi connectivity index (χ4n) is 1.45. The van der Waals surface area contributed by atoms with Crippen LogP contribution in [0, 0.1) is 5.92 Å². The van der Waals surface area contributed by atoms with Crippen molar-refractivity contribution in [3.63, 3.8) is 0 Å². The minimum absolute atomic E-state index is 0.0565. The van der Waals surface area contributed by atoms with Crippen molar-refractivity contribution in [3.8, 4) is 0 Å². The minimum Gasteiger partial charge on any atom is -0.466 e. The molecule has 0 bridgehead atoms. The largest absolute Gasteiger partial charge is 0.466 e. The maximum atomic E-state index is 11.8. The highest BCUT2D eigenvalue weighted by molar-refractivity contribution is 5.78.